The van der Waals surface area contributed by atoms with Gasteiger partial charge in [0.05, 0.1) is 17.2 Å². The molecule has 0 aliphatic carbocycles. The summed E-state index contributed by atoms with van der Waals surface area (Å²) in [5.74, 6) is -1.43. The predicted octanol–water partition coefficient (Wildman–Crippen LogP) is 3.04. The molecule has 0 saturated heterocycles. The number of benzene rings is 1. The quantitative estimate of drug-likeness (QED) is 0.783. The van der Waals surface area contributed by atoms with Gasteiger partial charge in [-0.2, -0.15) is 18.4 Å². The van der Waals surface area contributed by atoms with E-state index in [9.17, 15) is 18.0 Å². The van der Waals surface area contributed by atoms with Gasteiger partial charge in [0.15, 0.2) is 6.29 Å². The zero-order chi connectivity index (χ0) is 14.0. The number of aldehydes is 1. The highest BCUT2D eigenvalue weighted by Crippen LogP contribution is 2.35. The van der Waals surface area contributed by atoms with Crippen molar-refractivity contribution in [3.63, 3.8) is 0 Å². The van der Waals surface area contributed by atoms with Crippen LogP contribution < -0.4 is 0 Å². The lowest BCUT2D eigenvalue weighted by molar-refractivity contribution is -0.155. The third-order valence-electron chi connectivity index (χ3n) is 2.39. The number of carbonyl (C=O) groups excluding carboxylic acids is 1. The lowest BCUT2D eigenvalue weighted by Gasteiger charge is -2.01. The van der Waals surface area contributed by atoms with Crippen LogP contribution in [0.2, 0.25) is 0 Å². The maximum atomic E-state index is 12.5. The highest BCUT2D eigenvalue weighted by atomic mass is 19.4. The Morgan fingerprint density at radius 3 is 2.37 bits per heavy atom. The molecule has 0 unspecified atom stereocenters. The van der Waals surface area contributed by atoms with Crippen molar-refractivity contribution in [1.82, 2.24) is 5.16 Å². The lowest BCUT2D eigenvalue weighted by Crippen LogP contribution is -2.06. The molecular weight excluding hydrogens is 261 g/mol. The Balaban J connectivity index is 2.54. The topological polar surface area (TPSA) is 66.9 Å². The molecule has 0 saturated carbocycles. The van der Waals surface area contributed by atoms with E-state index in [4.69, 9.17) is 5.26 Å². The van der Waals surface area contributed by atoms with Gasteiger partial charge in [0, 0.05) is 5.56 Å². The fraction of sp³-hybridized carbons (Fsp3) is 0.0833. The number of rotatable bonds is 2. The Labute approximate surface area is 105 Å². The van der Waals surface area contributed by atoms with Crippen LogP contribution in [0.4, 0.5) is 13.2 Å². The number of hydrogen-bond acceptors (Lipinski definition) is 4. The summed E-state index contributed by atoms with van der Waals surface area (Å²) in [5.41, 5.74) is -0.250. The van der Waals surface area contributed by atoms with Crippen molar-refractivity contribution in [2.75, 3.05) is 0 Å². The van der Waals surface area contributed by atoms with Crippen molar-refractivity contribution in [3.8, 4) is 17.3 Å². The van der Waals surface area contributed by atoms with E-state index < -0.39 is 17.5 Å². The summed E-state index contributed by atoms with van der Waals surface area (Å²) >= 11 is 0. The second-order valence-corrected chi connectivity index (χ2v) is 3.58. The van der Waals surface area contributed by atoms with Gasteiger partial charge in [0.25, 0.3) is 5.76 Å². The number of halogens is 3. The van der Waals surface area contributed by atoms with Crippen LogP contribution >= 0.6 is 0 Å². The van der Waals surface area contributed by atoms with Crippen molar-refractivity contribution in [2.24, 2.45) is 0 Å². The first-order chi connectivity index (χ1) is 8.97. The van der Waals surface area contributed by atoms with Crippen LogP contribution in [-0.2, 0) is 6.18 Å². The first-order valence-corrected chi connectivity index (χ1v) is 5.00. The molecule has 0 bridgehead atoms. The number of nitriles is 1. The van der Waals surface area contributed by atoms with E-state index in [2.05, 4.69) is 9.68 Å². The van der Waals surface area contributed by atoms with E-state index in [1.54, 1.807) is 0 Å². The summed E-state index contributed by atoms with van der Waals surface area (Å²) in [4.78, 5) is 10.8. The molecule has 19 heavy (non-hydrogen) atoms. The Bertz CT molecular complexity index is 651. The highest BCUT2D eigenvalue weighted by Gasteiger charge is 2.40. The van der Waals surface area contributed by atoms with E-state index in [-0.39, 0.29) is 17.5 Å². The van der Waals surface area contributed by atoms with Crippen molar-refractivity contribution >= 4 is 6.29 Å². The van der Waals surface area contributed by atoms with Crippen LogP contribution in [0.5, 0.6) is 0 Å². The largest absolute Gasteiger partial charge is 0.453 e. The maximum Gasteiger partial charge on any atom is 0.453 e. The third kappa shape index (κ3) is 2.33. The monoisotopic (exact) mass is 266 g/mol. The summed E-state index contributed by atoms with van der Waals surface area (Å²) in [6, 6.07) is 7.47. The number of aromatic nitrogens is 1. The minimum Gasteiger partial charge on any atom is -0.350 e. The van der Waals surface area contributed by atoms with E-state index in [1.807, 2.05) is 6.07 Å². The molecule has 1 aromatic carbocycles. The molecule has 0 aliphatic heterocycles. The molecule has 0 aliphatic rings. The van der Waals surface area contributed by atoms with Gasteiger partial charge in [-0.05, 0) is 12.1 Å². The molecule has 4 nitrogen and oxygen atoms in total. The average molecular weight is 266 g/mol. The minimum absolute atomic E-state index is 0.0485. The minimum atomic E-state index is -4.78. The van der Waals surface area contributed by atoms with Gasteiger partial charge >= 0.3 is 6.18 Å². The molecular formula is C12H5F3N2O2. The molecule has 96 valence electrons. The van der Waals surface area contributed by atoms with Gasteiger partial charge in [0.1, 0.15) is 5.69 Å². The molecule has 2 rings (SSSR count). The van der Waals surface area contributed by atoms with Crippen LogP contribution in [0.3, 0.4) is 0 Å². The third-order valence-corrected chi connectivity index (χ3v) is 2.39. The van der Waals surface area contributed by atoms with Crippen molar-refractivity contribution < 1.29 is 22.5 Å². The number of alkyl halides is 3. The molecule has 1 heterocycles. The molecule has 0 N–H and O–H groups in total. The Kier molecular flexibility index (Phi) is 3.09. The Hall–Kier alpha value is -2.62. The first kappa shape index (κ1) is 12.8. The lowest BCUT2D eigenvalue weighted by atomic mass is 10.1. The predicted molar refractivity (Wildman–Crippen MR) is 57.0 cm³/mol. The van der Waals surface area contributed by atoms with Gasteiger partial charge in [-0.15, -0.1) is 0 Å². The molecule has 2 aromatic rings. The zero-order valence-electron chi connectivity index (χ0n) is 9.23. The summed E-state index contributed by atoms with van der Waals surface area (Å²) in [5, 5.41) is 11.9. The van der Waals surface area contributed by atoms with Gasteiger partial charge < -0.3 is 4.52 Å². The van der Waals surface area contributed by atoms with E-state index in [0.717, 1.165) is 0 Å². The van der Waals surface area contributed by atoms with Gasteiger partial charge in [-0.3, -0.25) is 4.79 Å². The molecule has 0 radical (unpaired) electrons. The van der Waals surface area contributed by atoms with E-state index in [1.165, 1.54) is 24.3 Å². The molecule has 0 fully saturated rings. The molecule has 0 spiro atoms. The van der Waals surface area contributed by atoms with Crippen LogP contribution in [-0.4, -0.2) is 11.4 Å². The fourth-order valence-corrected chi connectivity index (χ4v) is 1.52. The number of carbonyl (C=O) groups is 1. The van der Waals surface area contributed by atoms with Crippen molar-refractivity contribution in [1.29, 1.82) is 5.26 Å². The second kappa shape index (κ2) is 4.57. The van der Waals surface area contributed by atoms with Gasteiger partial charge in [0.2, 0.25) is 0 Å². The molecule has 7 heteroatoms. The van der Waals surface area contributed by atoms with E-state index in [0.29, 0.717) is 5.56 Å². The first-order valence-electron chi connectivity index (χ1n) is 5.00. The summed E-state index contributed by atoms with van der Waals surface area (Å²) in [6.07, 6.45) is -4.74. The second-order valence-electron chi connectivity index (χ2n) is 3.58. The summed E-state index contributed by atoms with van der Waals surface area (Å²) < 4.78 is 41.8. The van der Waals surface area contributed by atoms with Crippen LogP contribution in [0, 0.1) is 11.3 Å². The molecule has 0 atom stereocenters. The van der Waals surface area contributed by atoms with Crippen LogP contribution in [0.25, 0.3) is 11.3 Å². The normalized spacial score (nSPS) is 11.1. The van der Waals surface area contributed by atoms with Gasteiger partial charge in [-0.1, -0.05) is 17.3 Å². The number of nitrogens with zero attached hydrogens (tertiary/aromatic N) is 2. The Morgan fingerprint density at radius 1 is 1.26 bits per heavy atom. The smallest absolute Gasteiger partial charge is 0.350 e. The van der Waals surface area contributed by atoms with Crippen LogP contribution in [0.15, 0.2) is 28.8 Å². The summed E-state index contributed by atoms with van der Waals surface area (Å²) in [6.45, 7) is 0. The highest BCUT2D eigenvalue weighted by molar-refractivity contribution is 5.87. The Morgan fingerprint density at radius 2 is 1.89 bits per heavy atom. The number of hydrogen-bond donors (Lipinski definition) is 0. The standard InChI is InChI=1S/C12H5F3N2O2/c13-12(14,15)11-9(6-18)10(17-19-11)8-3-1-7(5-16)2-4-8/h1-4,6H. The molecule has 0 amide bonds. The molecule has 1 aromatic heterocycles. The average Bonchev–Trinajstić information content (AvgIpc) is 2.82. The SMILES string of the molecule is N#Cc1ccc(-c2noc(C(F)(F)F)c2C=O)cc1. The van der Waals surface area contributed by atoms with Crippen molar-refractivity contribution in [3.05, 3.63) is 41.2 Å². The zero-order valence-corrected chi connectivity index (χ0v) is 9.23. The summed E-state index contributed by atoms with van der Waals surface area (Å²) in [7, 11) is 0. The maximum absolute atomic E-state index is 12.5. The van der Waals surface area contributed by atoms with Gasteiger partial charge in [-0.25, -0.2) is 0 Å². The fourth-order valence-electron chi connectivity index (χ4n) is 1.52. The van der Waals surface area contributed by atoms with Crippen LogP contribution in [0.1, 0.15) is 21.7 Å². The van der Waals surface area contributed by atoms with E-state index >= 15 is 0 Å². The van der Waals surface area contributed by atoms with Crippen molar-refractivity contribution in [2.45, 2.75) is 6.18 Å².